The van der Waals surface area contributed by atoms with Gasteiger partial charge in [-0.15, -0.1) is 0 Å². The topological polar surface area (TPSA) is 40.0 Å². The predicted molar refractivity (Wildman–Crippen MR) is 121 cm³/mol. The van der Waals surface area contributed by atoms with Crippen molar-refractivity contribution < 1.29 is 14.3 Å². The van der Waals surface area contributed by atoms with Crippen LogP contribution in [0.2, 0.25) is 5.02 Å². The minimum Gasteiger partial charge on any atom is -0.492 e. The van der Waals surface area contributed by atoms with Crippen molar-refractivity contribution in [3.8, 4) is 11.5 Å². The zero-order valence-corrected chi connectivity index (χ0v) is 20.1. The molecule has 1 aromatic rings. The number of hydrogen-bond acceptors (Lipinski definition) is 4. The second kappa shape index (κ2) is 14.3. The van der Waals surface area contributed by atoms with Gasteiger partial charge in [-0.05, 0) is 89.6 Å². The third-order valence-corrected chi connectivity index (χ3v) is 4.49. The fourth-order valence-electron chi connectivity index (χ4n) is 2.31. The molecule has 0 N–H and O–H groups in total. The molecule has 0 fully saturated rings. The summed E-state index contributed by atoms with van der Waals surface area (Å²) in [5.74, 6) is 1.47. The van der Waals surface area contributed by atoms with Gasteiger partial charge in [0.25, 0.3) is 0 Å². The Labute approximate surface area is 184 Å². The van der Waals surface area contributed by atoms with Crippen molar-refractivity contribution in [3.63, 3.8) is 0 Å². The van der Waals surface area contributed by atoms with Crippen LogP contribution in [0, 0.1) is 6.92 Å². The molecular formula is C20H28Br2ClNO3. The van der Waals surface area contributed by atoms with Crippen LogP contribution >= 0.6 is 43.5 Å². The summed E-state index contributed by atoms with van der Waals surface area (Å²) in [6.07, 6.45) is 7.34. The summed E-state index contributed by atoms with van der Waals surface area (Å²) in [7, 11) is 0. The minimum atomic E-state index is 0.456. The van der Waals surface area contributed by atoms with E-state index in [0.29, 0.717) is 24.8 Å². The van der Waals surface area contributed by atoms with Gasteiger partial charge in [0.2, 0.25) is 0 Å². The molecule has 27 heavy (non-hydrogen) atoms. The summed E-state index contributed by atoms with van der Waals surface area (Å²) >= 11 is 12.9. The molecule has 0 aliphatic carbocycles. The van der Waals surface area contributed by atoms with Gasteiger partial charge in [-0.3, -0.25) is 0 Å². The SMILES string of the molecule is CC(C)=NOCCCCCCCOc1c(C)cc(OCC=C(Br)Br)cc1Cl. The van der Waals surface area contributed by atoms with E-state index < -0.39 is 0 Å². The normalized spacial score (nSPS) is 10.3. The number of benzene rings is 1. The Balaban J connectivity index is 2.24. The molecule has 0 aliphatic rings. The maximum absolute atomic E-state index is 6.35. The van der Waals surface area contributed by atoms with Crippen molar-refractivity contribution in [1.29, 1.82) is 0 Å². The number of aryl methyl sites for hydroxylation is 1. The highest BCUT2D eigenvalue weighted by Gasteiger charge is 2.09. The van der Waals surface area contributed by atoms with Crippen LogP contribution in [0.25, 0.3) is 0 Å². The number of unbranched alkanes of at least 4 members (excludes halogenated alkanes) is 4. The van der Waals surface area contributed by atoms with E-state index in [4.69, 9.17) is 25.9 Å². The van der Waals surface area contributed by atoms with Crippen molar-refractivity contribution in [2.24, 2.45) is 5.16 Å². The Morgan fingerprint density at radius 2 is 1.70 bits per heavy atom. The van der Waals surface area contributed by atoms with Gasteiger partial charge < -0.3 is 14.3 Å². The Morgan fingerprint density at radius 3 is 2.33 bits per heavy atom. The summed E-state index contributed by atoms with van der Waals surface area (Å²) in [6.45, 7) is 7.64. The summed E-state index contributed by atoms with van der Waals surface area (Å²) in [5, 5.41) is 4.50. The predicted octanol–water partition coefficient (Wildman–Crippen LogP) is 7.40. The monoisotopic (exact) mass is 523 g/mol. The highest BCUT2D eigenvalue weighted by Crippen LogP contribution is 2.33. The largest absolute Gasteiger partial charge is 0.492 e. The molecule has 0 saturated heterocycles. The lowest BCUT2D eigenvalue weighted by Gasteiger charge is -2.13. The Hall–Kier alpha value is -0.720. The average Bonchev–Trinajstić information content (AvgIpc) is 2.58. The second-order valence-electron chi connectivity index (χ2n) is 6.34. The molecule has 0 atom stereocenters. The molecule has 152 valence electrons. The molecule has 0 bridgehead atoms. The molecule has 0 radical (unpaired) electrons. The minimum absolute atomic E-state index is 0.456. The van der Waals surface area contributed by atoms with E-state index in [2.05, 4.69) is 37.0 Å². The fourth-order valence-corrected chi connectivity index (χ4v) is 2.89. The van der Waals surface area contributed by atoms with Crippen molar-refractivity contribution in [3.05, 3.63) is 32.2 Å². The molecule has 0 saturated carbocycles. The molecule has 0 aromatic heterocycles. The molecule has 0 spiro atoms. The summed E-state index contributed by atoms with van der Waals surface area (Å²) in [4.78, 5) is 5.18. The first-order chi connectivity index (χ1) is 12.9. The van der Waals surface area contributed by atoms with Gasteiger partial charge in [0.05, 0.1) is 20.7 Å². The molecule has 0 unspecified atom stereocenters. The number of halogens is 3. The Kier molecular flexibility index (Phi) is 12.9. The quantitative estimate of drug-likeness (QED) is 0.153. The number of nitrogens with zero attached hydrogens (tertiary/aromatic N) is 1. The number of rotatable bonds is 13. The molecule has 1 aromatic carbocycles. The maximum Gasteiger partial charge on any atom is 0.141 e. The summed E-state index contributed by atoms with van der Waals surface area (Å²) in [6, 6.07) is 3.73. The van der Waals surface area contributed by atoms with Crippen LogP contribution in [0.4, 0.5) is 0 Å². The van der Waals surface area contributed by atoms with E-state index in [1.54, 1.807) is 6.07 Å². The molecule has 0 amide bonds. The van der Waals surface area contributed by atoms with Crippen molar-refractivity contribution in [2.45, 2.75) is 52.9 Å². The van der Waals surface area contributed by atoms with Gasteiger partial charge in [-0.2, -0.15) is 0 Å². The first-order valence-electron chi connectivity index (χ1n) is 9.10. The molecule has 1 rings (SSSR count). The molecule has 4 nitrogen and oxygen atoms in total. The van der Waals surface area contributed by atoms with Crippen LogP contribution in [0.3, 0.4) is 0 Å². The number of hydrogen-bond donors (Lipinski definition) is 0. The van der Waals surface area contributed by atoms with Gasteiger partial charge in [-0.25, -0.2) is 0 Å². The van der Waals surface area contributed by atoms with Crippen molar-refractivity contribution in [1.82, 2.24) is 0 Å². The zero-order valence-electron chi connectivity index (χ0n) is 16.2. The van der Waals surface area contributed by atoms with E-state index >= 15 is 0 Å². The van der Waals surface area contributed by atoms with Gasteiger partial charge in [0, 0.05) is 6.07 Å². The molecule has 7 heteroatoms. The number of oxime groups is 1. The fraction of sp³-hybridized carbons (Fsp3) is 0.550. The highest BCUT2D eigenvalue weighted by atomic mass is 79.9. The molecule has 0 heterocycles. The van der Waals surface area contributed by atoms with Gasteiger partial charge in [0.1, 0.15) is 24.7 Å². The molecular weight excluding hydrogens is 497 g/mol. The van der Waals surface area contributed by atoms with Crippen LogP contribution in [0.5, 0.6) is 11.5 Å². The van der Waals surface area contributed by atoms with Gasteiger partial charge in [0.15, 0.2) is 0 Å². The Bertz CT molecular complexity index is 605. The zero-order chi connectivity index (χ0) is 20.1. The lowest BCUT2D eigenvalue weighted by Crippen LogP contribution is -2.01. The van der Waals surface area contributed by atoms with E-state index in [-0.39, 0.29) is 0 Å². The number of ether oxygens (including phenoxy) is 2. The first-order valence-corrected chi connectivity index (χ1v) is 11.1. The lowest BCUT2D eigenvalue weighted by molar-refractivity contribution is 0.139. The van der Waals surface area contributed by atoms with Crippen LogP contribution in [-0.4, -0.2) is 25.5 Å². The third-order valence-electron chi connectivity index (χ3n) is 3.56. The average molecular weight is 526 g/mol. The van der Waals surface area contributed by atoms with Crippen molar-refractivity contribution >= 4 is 49.2 Å². The van der Waals surface area contributed by atoms with Crippen LogP contribution in [0.1, 0.15) is 51.5 Å². The van der Waals surface area contributed by atoms with Crippen LogP contribution in [0.15, 0.2) is 26.8 Å². The first kappa shape index (κ1) is 24.3. The van der Waals surface area contributed by atoms with E-state index in [0.717, 1.165) is 58.3 Å². The maximum atomic E-state index is 6.35. The van der Waals surface area contributed by atoms with Gasteiger partial charge >= 0.3 is 0 Å². The lowest BCUT2D eigenvalue weighted by atomic mass is 10.1. The second-order valence-corrected chi connectivity index (χ2v) is 9.52. The Morgan fingerprint density at radius 1 is 1.04 bits per heavy atom. The van der Waals surface area contributed by atoms with E-state index in [9.17, 15) is 0 Å². The summed E-state index contributed by atoms with van der Waals surface area (Å²) < 4.78 is 12.4. The standard InChI is InChI=1S/C20H28Br2ClNO3/c1-15(2)24-27-11-8-6-4-5-7-10-26-20-16(3)13-17(14-18(20)23)25-12-9-19(21)22/h9,13-14H,4-8,10-12H2,1-3H3. The summed E-state index contributed by atoms with van der Waals surface area (Å²) in [5.41, 5.74) is 1.92. The van der Waals surface area contributed by atoms with Crippen LogP contribution < -0.4 is 9.47 Å². The van der Waals surface area contributed by atoms with Crippen molar-refractivity contribution in [2.75, 3.05) is 19.8 Å². The molecule has 0 aliphatic heterocycles. The van der Waals surface area contributed by atoms with Crippen LogP contribution in [-0.2, 0) is 4.84 Å². The van der Waals surface area contributed by atoms with E-state index in [1.165, 1.54) is 0 Å². The van der Waals surface area contributed by atoms with E-state index in [1.807, 2.05) is 32.9 Å². The smallest absolute Gasteiger partial charge is 0.141 e. The third kappa shape index (κ3) is 11.7. The highest BCUT2D eigenvalue weighted by molar-refractivity contribution is 9.28. The van der Waals surface area contributed by atoms with Gasteiger partial charge in [-0.1, -0.05) is 29.6 Å².